The topological polar surface area (TPSA) is 96.2 Å². The number of rotatable bonds is 5. The molecule has 2 aliphatic rings. The first-order valence-corrected chi connectivity index (χ1v) is 12.0. The number of anilines is 3. The van der Waals surface area contributed by atoms with Crippen molar-refractivity contribution < 1.29 is 4.79 Å². The number of aryl methyl sites for hydroxylation is 1. The lowest BCUT2D eigenvalue weighted by molar-refractivity contribution is -0.116. The number of hydrogen-bond acceptors (Lipinski definition) is 8. The summed E-state index contributed by atoms with van der Waals surface area (Å²) in [6.07, 6.45) is 1.67. The number of thioether (sulfide) groups is 1. The lowest BCUT2D eigenvalue weighted by Crippen LogP contribution is -2.46. The lowest BCUT2D eigenvalue weighted by atomic mass is 10.2. The van der Waals surface area contributed by atoms with Crippen LogP contribution in [0.3, 0.4) is 0 Å². The van der Waals surface area contributed by atoms with Crippen molar-refractivity contribution in [3.05, 3.63) is 64.8 Å². The number of nitrogens with zero attached hydrogens (tertiary/aromatic N) is 6. The van der Waals surface area contributed by atoms with Gasteiger partial charge in [0.15, 0.2) is 5.16 Å². The van der Waals surface area contributed by atoms with Gasteiger partial charge < -0.3 is 15.1 Å². The molecule has 10 heteroatoms. The van der Waals surface area contributed by atoms with Crippen LogP contribution in [0.5, 0.6) is 0 Å². The molecule has 1 unspecified atom stereocenters. The van der Waals surface area contributed by atoms with E-state index >= 15 is 0 Å². The van der Waals surface area contributed by atoms with E-state index in [4.69, 9.17) is 0 Å². The second kappa shape index (κ2) is 9.22. The Morgan fingerprint density at radius 2 is 1.85 bits per heavy atom. The third kappa shape index (κ3) is 4.70. The van der Waals surface area contributed by atoms with Crippen molar-refractivity contribution in [2.45, 2.75) is 24.5 Å². The van der Waals surface area contributed by atoms with Gasteiger partial charge in [-0.3, -0.25) is 14.2 Å². The molecule has 9 nitrogen and oxygen atoms in total. The van der Waals surface area contributed by atoms with Crippen molar-refractivity contribution in [2.24, 2.45) is 0 Å². The van der Waals surface area contributed by atoms with Crippen molar-refractivity contribution >= 4 is 35.0 Å². The van der Waals surface area contributed by atoms with Crippen molar-refractivity contribution in [1.82, 2.24) is 19.5 Å². The first-order chi connectivity index (χ1) is 16.1. The summed E-state index contributed by atoms with van der Waals surface area (Å²) in [5.41, 5.74) is 1.81. The minimum atomic E-state index is -0.210. The highest BCUT2D eigenvalue weighted by Crippen LogP contribution is 2.32. The van der Waals surface area contributed by atoms with Gasteiger partial charge >= 0.3 is 0 Å². The van der Waals surface area contributed by atoms with E-state index in [-0.39, 0.29) is 23.9 Å². The standard InChI is InChI=1S/C23H25N7O2S/c1-16-11-22(32)30-18(14-33-23(30)26-16)12-21(31)27-19-13-20(25-15-24-19)29-9-7-28(8-10-29)17-5-3-2-4-6-17/h2-6,11,13,15,18H,7-10,12,14H2,1H3,(H,24,25,27,31). The van der Waals surface area contributed by atoms with Crippen LogP contribution >= 0.6 is 11.8 Å². The molecule has 1 saturated heterocycles. The first kappa shape index (κ1) is 21.4. The van der Waals surface area contributed by atoms with Crippen molar-refractivity contribution in [2.75, 3.05) is 47.0 Å². The summed E-state index contributed by atoms with van der Waals surface area (Å²) in [5, 5.41) is 3.55. The maximum atomic E-state index is 12.7. The molecule has 0 spiro atoms. The van der Waals surface area contributed by atoms with Gasteiger partial charge in [-0.25, -0.2) is 15.0 Å². The molecule has 0 aliphatic carbocycles. The summed E-state index contributed by atoms with van der Waals surface area (Å²) in [6, 6.07) is 13.5. The number of piperazine rings is 1. The fourth-order valence-corrected chi connectivity index (χ4v) is 5.44. The number of amides is 1. The smallest absolute Gasteiger partial charge is 0.254 e. The van der Waals surface area contributed by atoms with Gasteiger partial charge in [-0.1, -0.05) is 30.0 Å². The summed E-state index contributed by atoms with van der Waals surface area (Å²) in [4.78, 5) is 42.7. The fourth-order valence-electron chi connectivity index (χ4n) is 4.24. The summed E-state index contributed by atoms with van der Waals surface area (Å²) in [6.45, 7) is 5.28. The summed E-state index contributed by atoms with van der Waals surface area (Å²) < 4.78 is 1.62. The van der Waals surface area contributed by atoms with E-state index in [9.17, 15) is 9.59 Å². The number of nitrogens with one attached hydrogen (secondary N) is 1. The predicted octanol–water partition coefficient (Wildman–Crippen LogP) is 2.34. The molecule has 2 aliphatic heterocycles. The zero-order valence-corrected chi connectivity index (χ0v) is 19.2. The Balaban J connectivity index is 1.20. The van der Waals surface area contributed by atoms with E-state index in [0.29, 0.717) is 22.4 Å². The minimum absolute atomic E-state index is 0.112. The molecule has 3 aromatic rings. The van der Waals surface area contributed by atoms with Gasteiger partial charge in [-0.15, -0.1) is 0 Å². The number of hydrogen-bond donors (Lipinski definition) is 1. The van der Waals surface area contributed by atoms with E-state index in [2.05, 4.69) is 54.3 Å². The fraction of sp³-hybridized carbons (Fsp3) is 0.348. The average Bonchev–Trinajstić information content (AvgIpc) is 3.22. The van der Waals surface area contributed by atoms with Gasteiger partial charge in [-0.2, -0.15) is 0 Å². The second-order valence-electron chi connectivity index (χ2n) is 8.18. The molecule has 5 rings (SSSR count). The molecular weight excluding hydrogens is 438 g/mol. The van der Waals surface area contributed by atoms with Crippen LogP contribution in [0.1, 0.15) is 18.2 Å². The number of aromatic nitrogens is 4. The van der Waals surface area contributed by atoms with Crippen LogP contribution in [-0.4, -0.2) is 57.4 Å². The quantitative estimate of drug-likeness (QED) is 0.576. The van der Waals surface area contributed by atoms with Crippen LogP contribution in [-0.2, 0) is 4.79 Å². The average molecular weight is 464 g/mol. The van der Waals surface area contributed by atoms with Gasteiger partial charge in [0.2, 0.25) is 5.91 Å². The number of fused-ring (bicyclic) bond motifs is 1. The third-order valence-corrected chi connectivity index (χ3v) is 6.98. The minimum Gasteiger partial charge on any atom is -0.368 e. The Labute approximate surface area is 195 Å². The Hall–Kier alpha value is -3.40. The number of para-hydroxylation sites is 1. The lowest BCUT2D eigenvalue weighted by Gasteiger charge is -2.36. The normalized spacial score (nSPS) is 17.7. The van der Waals surface area contributed by atoms with E-state index in [1.54, 1.807) is 11.5 Å². The zero-order chi connectivity index (χ0) is 22.8. The van der Waals surface area contributed by atoms with Gasteiger partial charge in [0.05, 0.1) is 6.04 Å². The molecule has 4 heterocycles. The van der Waals surface area contributed by atoms with Crippen LogP contribution in [0, 0.1) is 6.92 Å². The highest BCUT2D eigenvalue weighted by Gasteiger charge is 2.27. The SMILES string of the molecule is Cc1cc(=O)n2c(n1)SCC2CC(=O)Nc1cc(N2CCN(c3ccccc3)CC2)ncn1. The van der Waals surface area contributed by atoms with Crippen LogP contribution in [0.15, 0.2) is 58.7 Å². The molecule has 1 aromatic carbocycles. The van der Waals surface area contributed by atoms with Crippen LogP contribution in [0.25, 0.3) is 0 Å². The van der Waals surface area contributed by atoms with Crippen LogP contribution < -0.4 is 20.7 Å². The van der Waals surface area contributed by atoms with Crippen molar-refractivity contribution in [3.63, 3.8) is 0 Å². The van der Waals surface area contributed by atoms with Gasteiger partial charge in [0, 0.05) is 61.9 Å². The van der Waals surface area contributed by atoms with E-state index in [1.807, 2.05) is 12.1 Å². The largest absolute Gasteiger partial charge is 0.368 e. The molecule has 1 fully saturated rings. The number of carbonyl (C=O) groups excluding carboxylic acids is 1. The summed E-state index contributed by atoms with van der Waals surface area (Å²) in [7, 11) is 0. The Bertz CT molecular complexity index is 1210. The molecule has 1 atom stereocenters. The Morgan fingerprint density at radius 1 is 1.09 bits per heavy atom. The monoisotopic (exact) mass is 463 g/mol. The molecule has 170 valence electrons. The molecule has 0 radical (unpaired) electrons. The third-order valence-electron chi connectivity index (χ3n) is 5.88. The van der Waals surface area contributed by atoms with Gasteiger partial charge in [0.25, 0.3) is 5.56 Å². The molecular formula is C23H25N7O2S. The molecule has 33 heavy (non-hydrogen) atoms. The zero-order valence-electron chi connectivity index (χ0n) is 18.3. The second-order valence-corrected chi connectivity index (χ2v) is 9.16. The number of benzene rings is 1. The Morgan fingerprint density at radius 3 is 2.64 bits per heavy atom. The van der Waals surface area contributed by atoms with Gasteiger partial charge in [0.1, 0.15) is 18.0 Å². The van der Waals surface area contributed by atoms with Crippen LogP contribution in [0.4, 0.5) is 17.3 Å². The molecule has 0 saturated carbocycles. The maximum Gasteiger partial charge on any atom is 0.254 e. The molecule has 2 aromatic heterocycles. The van der Waals surface area contributed by atoms with E-state index in [1.165, 1.54) is 29.8 Å². The summed E-state index contributed by atoms with van der Waals surface area (Å²) in [5.74, 6) is 1.74. The maximum absolute atomic E-state index is 12.7. The van der Waals surface area contributed by atoms with Gasteiger partial charge in [-0.05, 0) is 19.1 Å². The first-order valence-electron chi connectivity index (χ1n) is 11.0. The highest BCUT2D eigenvalue weighted by molar-refractivity contribution is 7.99. The molecule has 0 bridgehead atoms. The van der Waals surface area contributed by atoms with E-state index < -0.39 is 0 Å². The molecule has 1 N–H and O–H groups in total. The predicted molar refractivity (Wildman–Crippen MR) is 129 cm³/mol. The van der Waals surface area contributed by atoms with Crippen molar-refractivity contribution in [1.29, 1.82) is 0 Å². The molecule has 1 amide bonds. The summed E-state index contributed by atoms with van der Waals surface area (Å²) >= 11 is 1.51. The number of carbonyl (C=O) groups is 1. The van der Waals surface area contributed by atoms with Crippen LogP contribution in [0.2, 0.25) is 0 Å². The van der Waals surface area contributed by atoms with Crippen molar-refractivity contribution in [3.8, 4) is 0 Å². The Kier molecular flexibility index (Phi) is 5.99. The highest BCUT2D eigenvalue weighted by atomic mass is 32.2. The van der Waals surface area contributed by atoms with E-state index in [0.717, 1.165) is 32.0 Å².